The summed E-state index contributed by atoms with van der Waals surface area (Å²) in [5, 5.41) is 0. The molecule has 1 aromatic carbocycles. The molecule has 20 heavy (non-hydrogen) atoms. The van der Waals surface area contributed by atoms with Crippen LogP contribution >= 0.6 is 11.8 Å². The van der Waals surface area contributed by atoms with Gasteiger partial charge in [0.05, 0.1) is 5.60 Å². The van der Waals surface area contributed by atoms with Crippen molar-refractivity contribution in [2.24, 2.45) is 11.7 Å². The van der Waals surface area contributed by atoms with Crippen molar-refractivity contribution in [1.29, 1.82) is 0 Å². The number of thioether (sulfide) groups is 1. The summed E-state index contributed by atoms with van der Waals surface area (Å²) >= 11 is 2.02. The first-order chi connectivity index (χ1) is 9.69. The lowest BCUT2D eigenvalue weighted by atomic mass is 9.77. The number of nitrogens with two attached hydrogens (primary N) is 1. The average Bonchev–Trinajstić information content (AvgIpc) is 2.48. The molecule has 0 bridgehead atoms. The smallest absolute Gasteiger partial charge is 0.123 e. The Morgan fingerprint density at radius 3 is 2.65 bits per heavy atom. The average molecular weight is 295 g/mol. The molecule has 2 nitrogen and oxygen atoms in total. The fourth-order valence-corrected chi connectivity index (χ4v) is 4.66. The van der Waals surface area contributed by atoms with Crippen molar-refractivity contribution in [3.8, 4) is 0 Å². The predicted molar refractivity (Wildman–Crippen MR) is 81.3 cm³/mol. The van der Waals surface area contributed by atoms with Gasteiger partial charge in [-0.1, -0.05) is 12.1 Å². The summed E-state index contributed by atoms with van der Waals surface area (Å²) in [5.41, 5.74) is 7.53. The molecule has 2 atom stereocenters. The maximum atomic E-state index is 13.0. The maximum Gasteiger partial charge on any atom is 0.123 e. The minimum absolute atomic E-state index is 0.00838. The van der Waals surface area contributed by atoms with E-state index in [1.807, 2.05) is 23.9 Å². The van der Waals surface area contributed by atoms with Crippen LogP contribution in [-0.4, -0.2) is 23.7 Å². The predicted octanol–water partition coefficient (Wildman–Crippen LogP) is 3.52. The van der Waals surface area contributed by atoms with Crippen LogP contribution in [0.5, 0.6) is 0 Å². The second-order valence-corrected chi connectivity index (χ2v) is 7.20. The van der Waals surface area contributed by atoms with Gasteiger partial charge in [-0.05, 0) is 60.8 Å². The third-order valence-corrected chi connectivity index (χ3v) is 5.68. The first-order valence-electron chi connectivity index (χ1n) is 7.41. The normalized spacial score (nSPS) is 27.4. The van der Waals surface area contributed by atoms with Crippen LogP contribution in [0, 0.1) is 11.7 Å². The first kappa shape index (κ1) is 14.4. The molecule has 0 saturated carbocycles. The van der Waals surface area contributed by atoms with E-state index in [2.05, 4.69) is 0 Å². The van der Waals surface area contributed by atoms with Crippen LogP contribution in [-0.2, 0) is 4.74 Å². The number of benzene rings is 1. The van der Waals surface area contributed by atoms with E-state index < -0.39 is 0 Å². The SMILES string of the molecule is NC(c1ccc(F)cc1)C1CCOC2(CCSCC2)C1. The molecule has 3 rings (SSSR count). The Balaban J connectivity index is 1.71. The van der Waals surface area contributed by atoms with Crippen molar-refractivity contribution in [3.05, 3.63) is 35.6 Å². The summed E-state index contributed by atoms with van der Waals surface area (Å²) in [6.07, 6.45) is 4.34. The van der Waals surface area contributed by atoms with Gasteiger partial charge in [-0.2, -0.15) is 11.8 Å². The highest BCUT2D eigenvalue weighted by Gasteiger charge is 2.40. The molecule has 1 spiro atoms. The Morgan fingerprint density at radius 2 is 1.95 bits per heavy atom. The minimum atomic E-state index is -0.200. The standard InChI is InChI=1S/C16H22FNOS/c17-14-3-1-12(2-4-14)15(18)13-5-8-19-16(11-13)6-9-20-10-7-16/h1-4,13,15H,5-11,18H2. The minimum Gasteiger partial charge on any atom is -0.375 e. The Morgan fingerprint density at radius 1 is 1.25 bits per heavy atom. The molecular weight excluding hydrogens is 273 g/mol. The largest absolute Gasteiger partial charge is 0.375 e. The van der Waals surface area contributed by atoms with Gasteiger partial charge in [-0.15, -0.1) is 0 Å². The van der Waals surface area contributed by atoms with Crippen molar-refractivity contribution in [1.82, 2.24) is 0 Å². The molecule has 0 amide bonds. The van der Waals surface area contributed by atoms with Crippen molar-refractivity contribution < 1.29 is 9.13 Å². The zero-order valence-corrected chi connectivity index (χ0v) is 12.5. The van der Waals surface area contributed by atoms with Crippen LogP contribution in [0.4, 0.5) is 4.39 Å². The Hall–Kier alpha value is -0.580. The van der Waals surface area contributed by atoms with Crippen LogP contribution < -0.4 is 5.73 Å². The van der Waals surface area contributed by atoms with Crippen LogP contribution in [0.2, 0.25) is 0 Å². The summed E-state index contributed by atoms with van der Waals surface area (Å²) in [5.74, 6) is 2.63. The van der Waals surface area contributed by atoms with E-state index in [4.69, 9.17) is 10.5 Å². The van der Waals surface area contributed by atoms with Crippen molar-refractivity contribution >= 4 is 11.8 Å². The van der Waals surface area contributed by atoms with Crippen LogP contribution in [0.1, 0.15) is 37.3 Å². The lowest BCUT2D eigenvalue weighted by Crippen LogP contribution is -2.45. The molecule has 1 aromatic rings. The van der Waals surface area contributed by atoms with Crippen LogP contribution in [0.25, 0.3) is 0 Å². The van der Waals surface area contributed by atoms with Crippen molar-refractivity contribution in [2.45, 2.75) is 37.3 Å². The zero-order chi connectivity index (χ0) is 14.0. The Kier molecular flexibility index (Phi) is 4.34. The molecule has 4 heteroatoms. The molecule has 2 N–H and O–H groups in total. The molecule has 2 saturated heterocycles. The lowest BCUT2D eigenvalue weighted by molar-refractivity contribution is -0.105. The van der Waals surface area contributed by atoms with Gasteiger partial charge in [0.25, 0.3) is 0 Å². The van der Waals surface area contributed by atoms with E-state index in [-0.39, 0.29) is 17.5 Å². The maximum absolute atomic E-state index is 13.0. The first-order valence-corrected chi connectivity index (χ1v) is 8.57. The molecular formula is C16H22FNOS. The summed E-state index contributed by atoms with van der Waals surface area (Å²) in [6, 6.07) is 6.63. The zero-order valence-electron chi connectivity index (χ0n) is 11.7. The van der Waals surface area contributed by atoms with Gasteiger partial charge < -0.3 is 10.5 Å². The van der Waals surface area contributed by atoms with Gasteiger partial charge in [0.15, 0.2) is 0 Å². The van der Waals surface area contributed by atoms with Gasteiger partial charge in [0.2, 0.25) is 0 Å². The molecule has 0 aromatic heterocycles. The summed E-state index contributed by atoms with van der Waals surface area (Å²) in [4.78, 5) is 0. The molecule has 0 radical (unpaired) electrons. The highest BCUT2D eigenvalue weighted by atomic mass is 32.2. The Labute approximate surface area is 124 Å². The summed E-state index contributed by atoms with van der Waals surface area (Å²) < 4.78 is 19.1. The highest BCUT2D eigenvalue weighted by Crippen LogP contribution is 2.42. The molecule has 2 fully saturated rings. The van der Waals surface area contributed by atoms with Gasteiger partial charge in [0, 0.05) is 12.6 Å². The Bertz CT molecular complexity index is 439. The van der Waals surface area contributed by atoms with E-state index >= 15 is 0 Å². The van der Waals surface area contributed by atoms with Gasteiger partial charge in [-0.3, -0.25) is 0 Å². The quantitative estimate of drug-likeness (QED) is 0.906. The van der Waals surface area contributed by atoms with E-state index in [0.717, 1.165) is 37.9 Å². The molecule has 2 unspecified atom stereocenters. The van der Waals surface area contributed by atoms with Gasteiger partial charge >= 0.3 is 0 Å². The molecule has 2 aliphatic rings. The fraction of sp³-hybridized carbons (Fsp3) is 0.625. The molecule has 2 aliphatic heterocycles. The second kappa shape index (κ2) is 6.04. The number of halogens is 1. The number of rotatable bonds is 2. The van der Waals surface area contributed by atoms with Crippen molar-refractivity contribution in [3.63, 3.8) is 0 Å². The molecule has 110 valence electrons. The van der Waals surface area contributed by atoms with Crippen molar-refractivity contribution in [2.75, 3.05) is 18.1 Å². The fourth-order valence-electron chi connectivity index (χ4n) is 3.42. The molecule has 0 aliphatic carbocycles. The van der Waals surface area contributed by atoms with Crippen LogP contribution in [0.3, 0.4) is 0 Å². The van der Waals surface area contributed by atoms with Gasteiger partial charge in [-0.25, -0.2) is 4.39 Å². The van der Waals surface area contributed by atoms with E-state index in [1.54, 1.807) is 0 Å². The monoisotopic (exact) mass is 295 g/mol. The second-order valence-electron chi connectivity index (χ2n) is 5.97. The number of hydrogen-bond donors (Lipinski definition) is 1. The third-order valence-electron chi connectivity index (χ3n) is 4.70. The third kappa shape index (κ3) is 3.02. The van der Waals surface area contributed by atoms with Gasteiger partial charge in [0.1, 0.15) is 5.82 Å². The number of hydrogen-bond acceptors (Lipinski definition) is 3. The van der Waals surface area contributed by atoms with Crippen LogP contribution in [0.15, 0.2) is 24.3 Å². The highest BCUT2D eigenvalue weighted by molar-refractivity contribution is 7.99. The van der Waals surface area contributed by atoms with E-state index in [0.29, 0.717) is 5.92 Å². The summed E-state index contributed by atoms with van der Waals surface area (Å²) in [6.45, 7) is 0.810. The summed E-state index contributed by atoms with van der Waals surface area (Å²) in [7, 11) is 0. The topological polar surface area (TPSA) is 35.2 Å². The van der Waals surface area contributed by atoms with E-state index in [1.165, 1.54) is 23.6 Å². The molecule has 2 heterocycles. The van der Waals surface area contributed by atoms with E-state index in [9.17, 15) is 4.39 Å². The lowest BCUT2D eigenvalue weighted by Gasteiger charge is -2.44. The number of ether oxygens (including phenoxy) is 1.